The van der Waals surface area contributed by atoms with E-state index in [1.165, 1.54) is 0 Å². The molecule has 21 heavy (non-hydrogen) atoms. The number of hydrogen-bond acceptors (Lipinski definition) is 4. The van der Waals surface area contributed by atoms with Crippen LogP contribution in [0.3, 0.4) is 0 Å². The van der Waals surface area contributed by atoms with Crippen molar-refractivity contribution < 1.29 is 4.79 Å². The molecule has 0 unspecified atom stereocenters. The molecule has 2 rings (SSSR count). The molecule has 5 nitrogen and oxygen atoms in total. The lowest BCUT2D eigenvalue weighted by Crippen LogP contribution is -2.56. The fourth-order valence-corrected chi connectivity index (χ4v) is 2.20. The van der Waals surface area contributed by atoms with E-state index in [9.17, 15) is 4.79 Å². The summed E-state index contributed by atoms with van der Waals surface area (Å²) in [4.78, 5) is 14.1. The number of nitrogens with one attached hydrogen (secondary N) is 1. The molecule has 5 heteroatoms. The summed E-state index contributed by atoms with van der Waals surface area (Å²) in [5, 5.41) is 11.6. The topological polar surface area (TPSA) is 58.1 Å². The Morgan fingerprint density at radius 3 is 2.19 bits per heavy atom. The smallest absolute Gasteiger partial charge is 0.227 e. The van der Waals surface area contributed by atoms with Crippen LogP contribution >= 0.6 is 0 Å². The molecule has 1 aromatic rings. The average Bonchev–Trinajstić information content (AvgIpc) is 2.23. The zero-order valence-corrected chi connectivity index (χ0v) is 13.9. The fourth-order valence-electron chi connectivity index (χ4n) is 2.20. The summed E-state index contributed by atoms with van der Waals surface area (Å²) < 4.78 is 0. The Balaban J connectivity index is 1.91. The van der Waals surface area contributed by atoms with E-state index in [4.69, 9.17) is 0 Å². The minimum absolute atomic E-state index is 0.00953. The van der Waals surface area contributed by atoms with Crippen molar-refractivity contribution in [1.29, 1.82) is 0 Å². The Bertz CT molecular complexity index is 505. The van der Waals surface area contributed by atoms with Crippen LogP contribution in [0.1, 0.15) is 47.2 Å². The molecular formula is C16H26N4O. The quantitative estimate of drug-likeness (QED) is 0.906. The lowest BCUT2D eigenvalue weighted by Gasteiger charge is -2.40. The molecule has 0 bridgehead atoms. The van der Waals surface area contributed by atoms with Gasteiger partial charge in [-0.2, -0.15) is 5.10 Å². The van der Waals surface area contributed by atoms with Crippen molar-refractivity contribution in [2.75, 3.05) is 18.0 Å². The fraction of sp³-hybridized carbons (Fsp3) is 0.688. The minimum atomic E-state index is -0.175. The first-order valence-electron chi connectivity index (χ1n) is 7.47. The van der Waals surface area contributed by atoms with Gasteiger partial charge in [-0.05, 0) is 32.9 Å². The van der Waals surface area contributed by atoms with Gasteiger partial charge < -0.3 is 10.2 Å². The first-order chi connectivity index (χ1) is 9.56. The van der Waals surface area contributed by atoms with E-state index in [1.54, 1.807) is 0 Å². The van der Waals surface area contributed by atoms with Crippen LogP contribution in [0.5, 0.6) is 0 Å². The highest BCUT2D eigenvalue weighted by molar-refractivity contribution is 5.82. The van der Waals surface area contributed by atoms with Gasteiger partial charge in [-0.25, -0.2) is 0 Å². The molecule has 1 aliphatic rings. The summed E-state index contributed by atoms with van der Waals surface area (Å²) in [7, 11) is 0. The monoisotopic (exact) mass is 290 g/mol. The Labute approximate surface area is 127 Å². The number of carbonyl (C=O) groups excluding carboxylic acids is 1. The van der Waals surface area contributed by atoms with Crippen molar-refractivity contribution in [2.24, 2.45) is 5.92 Å². The maximum Gasteiger partial charge on any atom is 0.227 e. The molecule has 1 fully saturated rings. The molecule has 1 N–H and O–H groups in total. The normalized spacial score (nSPS) is 16.6. The number of rotatable bonds is 2. The summed E-state index contributed by atoms with van der Waals surface area (Å²) in [6.07, 6.45) is 0. The zero-order valence-electron chi connectivity index (χ0n) is 13.9. The highest BCUT2D eigenvalue weighted by Crippen LogP contribution is 2.25. The third kappa shape index (κ3) is 3.93. The van der Waals surface area contributed by atoms with Gasteiger partial charge in [-0.15, -0.1) is 5.10 Å². The van der Waals surface area contributed by atoms with Crippen LogP contribution in [-0.2, 0) is 10.2 Å². The number of aromatic nitrogens is 2. The van der Waals surface area contributed by atoms with Gasteiger partial charge in [0.15, 0.2) is 5.82 Å². The Morgan fingerprint density at radius 1 is 1.14 bits per heavy atom. The van der Waals surface area contributed by atoms with Gasteiger partial charge in [-0.3, -0.25) is 4.79 Å². The third-order valence-electron chi connectivity index (χ3n) is 3.49. The van der Waals surface area contributed by atoms with Crippen LogP contribution in [-0.4, -0.2) is 34.7 Å². The third-order valence-corrected chi connectivity index (χ3v) is 3.49. The van der Waals surface area contributed by atoms with Gasteiger partial charge in [0.1, 0.15) is 0 Å². The molecular weight excluding hydrogens is 264 g/mol. The second-order valence-corrected chi connectivity index (χ2v) is 7.87. The van der Waals surface area contributed by atoms with E-state index in [1.807, 2.05) is 32.9 Å². The molecule has 2 heterocycles. The van der Waals surface area contributed by atoms with Crippen molar-refractivity contribution in [2.45, 2.75) is 52.5 Å². The van der Waals surface area contributed by atoms with Crippen LogP contribution in [0, 0.1) is 5.92 Å². The largest absolute Gasteiger partial charge is 0.353 e. The van der Waals surface area contributed by atoms with Crippen molar-refractivity contribution in [3.05, 3.63) is 17.8 Å². The maximum atomic E-state index is 12.0. The first-order valence-corrected chi connectivity index (χ1v) is 7.47. The minimum Gasteiger partial charge on any atom is -0.353 e. The van der Waals surface area contributed by atoms with Crippen molar-refractivity contribution in [3.8, 4) is 0 Å². The molecule has 1 saturated heterocycles. The van der Waals surface area contributed by atoms with Crippen molar-refractivity contribution in [1.82, 2.24) is 15.5 Å². The Morgan fingerprint density at radius 2 is 1.76 bits per heavy atom. The zero-order chi connectivity index (χ0) is 15.8. The number of carbonyl (C=O) groups is 1. The van der Waals surface area contributed by atoms with Gasteiger partial charge in [0.05, 0.1) is 11.6 Å². The van der Waals surface area contributed by atoms with E-state index < -0.39 is 0 Å². The van der Waals surface area contributed by atoms with E-state index in [2.05, 4.69) is 41.2 Å². The molecule has 0 saturated carbocycles. The van der Waals surface area contributed by atoms with Crippen LogP contribution in [0.25, 0.3) is 0 Å². The van der Waals surface area contributed by atoms with Gasteiger partial charge in [0, 0.05) is 24.0 Å². The number of anilines is 1. The summed E-state index contributed by atoms with van der Waals surface area (Å²) in [6, 6.07) is 4.01. The number of hydrogen-bond donors (Lipinski definition) is 1. The average molecular weight is 290 g/mol. The molecule has 0 radical (unpaired) electrons. The lowest BCUT2D eigenvalue weighted by molar-refractivity contribution is -0.127. The van der Waals surface area contributed by atoms with Gasteiger partial charge in [-0.1, -0.05) is 20.8 Å². The highest BCUT2D eigenvalue weighted by atomic mass is 16.2. The second-order valence-electron chi connectivity index (χ2n) is 7.87. The van der Waals surface area contributed by atoms with E-state index in [0.717, 1.165) is 11.5 Å². The summed E-state index contributed by atoms with van der Waals surface area (Å²) in [5.74, 6) is 1.02. The Hall–Kier alpha value is -1.65. The lowest BCUT2D eigenvalue weighted by atomic mass is 9.92. The molecule has 116 valence electrons. The Kier molecular flexibility index (Phi) is 3.95. The SMILES string of the molecule is CC(C)(C)NC(=O)C1CN(c2ccc(C(C)(C)C)nn2)C1. The highest BCUT2D eigenvalue weighted by Gasteiger charge is 2.35. The van der Waals surface area contributed by atoms with Crippen LogP contribution < -0.4 is 10.2 Å². The number of amides is 1. The number of nitrogens with zero attached hydrogens (tertiary/aromatic N) is 3. The second kappa shape index (κ2) is 5.28. The van der Waals surface area contributed by atoms with Gasteiger partial charge in [0.25, 0.3) is 0 Å². The predicted molar refractivity (Wildman–Crippen MR) is 84.3 cm³/mol. The standard InChI is InChI=1S/C16H26N4O/c1-15(2,3)12-7-8-13(19-18-12)20-9-11(10-20)14(21)17-16(4,5)6/h7-8,11H,9-10H2,1-6H3,(H,17,21). The summed E-state index contributed by atoms with van der Waals surface area (Å²) >= 11 is 0. The molecule has 1 amide bonds. The van der Waals surface area contributed by atoms with E-state index in [0.29, 0.717) is 13.1 Å². The summed E-state index contributed by atoms with van der Waals surface area (Å²) in [5.41, 5.74) is 0.815. The van der Waals surface area contributed by atoms with Gasteiger partial charge >= 0.3 is 0 Å². The van der Waals surface area contributed by atoms with Crippen LogP contribution in [0.2, 0.25) is 0 Å². The first kappa shape index (κ1) is 15.7. The summed E-state index contributed by atoms with van der Waals surface area (Å²) in [6.45, 7) is 13.8. The molecule has 1 aromatic heterocycles. The van der Waals surface area contributed by atoms with Crippen molar-refractivity contribution in [3.63, 3.8) is 0 Å². The van der Waals surface area contributed by atoms with Crippen LogP contribution in [0.4, 0.5) is 5.82 Å². The molecule has 0 spiro atoms. The molecule has 1 aliphatic heterocycles. The molecule has 0 aliphatic carbocycles. The molecule has 0 atom stereocenters. The maximum absolute atomic E-state index is 12.0. The van der Waals surface area contributed by atoms with Crippen molar-refractivity contribution >= 4 is 11.7 Å². The van der Waals surface area contributed by atoms with E-state index >= 15 is 0 Å². The van der Waals surface area contributed by atoms with E-state index in [-0.39, 0.29) is 22.8 Å². The van der Waals surface area contributed by atoms with Crippen LogP contribution in [0.15, 0.2) is 12.1 Å². The van der Waals surface area contributed by atoms with Gasteiger partial charge in [0.2, 0.25) is 5.91 Å². The predicted octanol–water partition coefficient (Wildman–Crippen LogP) is 2.12. The molecule has 0 aromatic carbocycles.